The van der Waals surface area contributed by atoms with E-state index in [0.717, 1.165) is 5.56 Å². The van der Waals surface area contributed by atoms with Crippen LogP contribution in [-0.2, 0) is 9.53 Å². The van der Waals surface area contributed by atoms with Crippen LogP contribution in [0.1, 0.15) is 53.2 Å². The van der Waals surface area contributed by atoms with E-state index in [-0.39, 0.29) is 34.8 Å². The topological polar surface area (TPSA) is 142 Å². The third kappa shape index (κ3) is 5.83. The molecule has 0 saturated heterocycles. The molecule has 0 aliphatic heterocycles. The summed E-state index contributed by atoms with van der Waals surface area (Å²) in [5, 5.41) is 22.7. The minimum absolute atomic E-state index is 0.0263. The van der Waals surface area contributed by atoms with Crippen molar-refractivity contribution in [3.05, 3.63) is 70.8 Å². The van der Waals surface area contributed by atoms with E-state index in [4.69, 9.17) is 10.5 Å². The van der Waals surface area contributed by atoms with Crippen molar-refractivity contribution in [2.45, 2.75) is 31.2 Å². The second-order valence-electron chi connectivity index (χ2n) is 8.11. The molecule has 1 heterocycles. The van der Waals surface area contributed by atoms with Gasteiger partial charge in [0.05, 0.1) is 23.9 Å². The fraction of sp³-hybridized carbons (Fsp3) is 0.222. The van der Waals surface area contributed by atoms with Gasteiger partial charge in [-0.2, -0.15) is 10.5 Å². The number of hydrogen-bond acceptors (Lipinski definition) is 8. The van der Waals surface area contributed by atoms with Gasteiger partial charge in [0.25, 0.3) is 0 Å². The van der Waals surface area contributed by atoms with Crippen LogP contribution < -0.4 is 11.1 Å². The van der Waals surface area contributed by atoms with E-state index < -0.39 is 5.97 Å². The summed E-state index contributed by atoms with van der Waals surface area (Å²) in [5.41, 5.74) is 9.33. The smallest absolute Gasteiger partial charge is 0.339 e. The number of nitrogen functional groups attached to an aromatic ring is 1. The van der Waals surface area contributed by atoms with Crippen molar-refractivity contribution in [3.8, 4) is 23.3 Å². The van der Waals surface area contributed by atoms with Crippen LogP contribution in [0.5, 0.6) is 0 Å². The highest BCUT2D eigenvalue weighted by Crippen LogP contribution is 2.36. The Hall–Kier alpha value is -4.34. The number of methoxy groups -OCH3 is 1. The number of carbonyl (C=O) groups is 2. The van der Waals surface area contributed by atoms with E-state index in [2.05, 4.69) is 36.3 Å². The highest BCUT2D eigenvalue weighted by Gasteiger charge is 2.21. The van der Waals surface area contributed by atoms with Crippen LogP contribution in [0.2, 0.25) is 0 Å². The van der Waals surface area contributed by atoms with Crippen molar-refractivity contribution in [1.29, 1.82) is 10.5 Å². The van der Waals surface area contributed by atoms with Gasteiger partial charge in [0.15, 0.2) is 0 Å². The second-order valence-corrected chi connectivity index (χ2v) is 9.19. The molecule has 1 amide bonds. The summed E-state index contributed by atoms with van der Waals surface area (Å²) in [7, 11) is 1.27. The molecule has 0 fully saturated rings. The molecule has 0 bridgehead atoms. The fourth-order valence-electron chi connectivity index (χ4n) is 3.56. The predicted octanol–water partition coefficient (Wildman–Crippen LogP) is 5.11. The van der Waals surface area contributed by atoms with Crippen LogP contribution in [-0.4, -0.2) is 29.7 Å². The summed E-state index contributed by atoms with van der Waals surface area (Å²) in [6.45, 7) is 4.17. The summed E-state index contributed by atoms with van der Waals surface area (Å²) in [5.74, 6) is -0.207. The molecule has 0 aliphatic rings. The van der Waals surface area contributed by atoms with Gasteiger partial charge in [0.1, 0.15) is 28.5 Å². The Morgan fingerprint density at radius 2 is 1.75 bits per heavy atom. The molecule has 0 atom stereocenters. The second kappa shape index (κ2) is 11.9. The lowest BCUT2D eigenvalue weighted by molar-refractivity contribution is -0.115. The summed E-state index contributed by atoms with van der Waals surface area (Å²) >= 11 is 1.20. The Morgan fingerprint density at radius 1 is 1.08 bits per heavy atom. The van der Waals surface area contributed by atoms with Crippen LogP contribution >= 0.6 is 11.8 Å². The molecule has 182 valence electrons. The molecule has 36 heavy (non-hydrogen) atoms. The summed E-state index contributed by atoms with van der Waals surface area (Å²) in [6.07, 6.45) is 0.0883. The molecule has 3 rings (SSSR count). The molecule has 3 aromatic rings. The van der Waals surface area contributed by atoms with Crippen LogP contribution in [0.25, 0.3) is 11.1 Å². The molecule has 0 aliphatic carbocycles. The number of hydrogen-bond donors (Lipinski definition) is 2. The van der Waals surface area contributed by atoms with E-state index in [1.807, 2.05) is 24.3 Å². The molecule has 2 aromatic carbocycles. The number of thioether (sulfide) groups is 1. The third-order valence-electron chi connectivity index (χ3n) is 5.46. The molecule has 0 radical (unpaired) electrons. The van der Waals surface area contributed by atoms with Crippen LogP contribution in [0.4, 0.5) is 11.5 Å². The molecule has 9 heteroatoms. The monoisotopic (exact) mass is 499 g/mol. The number of nitrogens with two attached hydrogens (primary N) is 1. The number of nitrogens with zero attached hydrogens (tertiary/aromatic N) is 3. The van der Waals surface area contributed by atoms with Gasteiger partial charge in [0, 0.05) is 17.7 Å². The number of anilines is 2. The highest BCUT2D eigenvalue weighted by atomic mass is 32.2. The van der Waals surface area contributed by atoms with Crippen molar-refractivity contribution in [2.24, 2.45) is 0 Å². The molecule has 0 unspecified atom stereocenters. The first-order valence-electron chi connectivity index (χ1n) is 11.1. The Kier molecular flexibility index (Phi) is 8.66. The van der Waals surface area contributed by atoms with Gasteiger partial charge in [-0.25, -0.2) is 9.78 Å². The molecule has 3 N–H and O–H groups in total. The number of carbonyl (C=O) groups excluding carboxylic acids is 2. The largest absolute Gasteiger partial charge is 0.465 e. The maximum atomic E-state index is 12.5. The van der Waals surface area contributed by atoms with Gasteiger partial charge in [-0.1, -0.05) is 50.2 Å². The van der Waals surface area contributed by atoms with Crippen LogP contribution in [0.15, 0.2) is 53.6 Å². The van der Waals surface area contributed by atoms with E-state index in [9.17, 15) is 20.1 Å². The SMILES string of the molecule is COC(=O)c1ccccc1NC(=O)CCSc1nc(N)c(C#N)c(-c2ccc(C(C)C)cc2)c1C#N. The number of benzene rings is 2. The molecule has 0 saturated carbocycles. The normalized spacial score (nSPS) is 10.4. The van der Waals surface area contributed by atoms with Gasteiger partial charge >= 0.3 is 5.97 Å². The third-order valence-corrected chi connectivity index (χ3v) is 6.43. The molecular formula is C27H25N5O3S. The van der Waals surface area contributed by atoms with E-state index in [1.165, 1.54) is 18.9 Å². The molecule has 0 spiro atoms. The van der Waals surface area contributed by atoms with Crippen LogP contribution in [0.3, 0.4) is 0 Å². The zero-order valence-electron chi connectivity index (χ0n) is 20.2. The average Bonchev–Trinajstić information content (AvgIpc) is 2.88. The number of pyridine rings is 1. The summed E-state index contributed by atoms with van der Waals surface area (Å²) in [6, 6.07) is 18.5. The zero-order valence-corrected chi connectivity index (χ0v) is 21.0. The predicted molar refractivity (Wildman–Crippen MR) is 139 cm³/mol. The summed E-state index contributed by atoms with van der Waals surface area (Å²) in [4.78, 5) is 28.7. The Balaban J connectivity index is 1.82. The maximum absolute atomic E-state index is 12.5. The Bertz CT molecular complexity index is 1370. The van der Waals surface area contributed by atoms with Crippen LogP contribution in [0, 0.1) is 22.7 Å². The van der Waals surface area contributed by atoms with E-state index in [0.29, 0.717) is 33.5 Å². The number of para-hydroxylation sites is 1. The average molecular weight is 500 g/mol. The standard InChI is InChI=1S/C27H25N5O3S/c1-16(2)17-8-10-18(11-9-17)24-20(14-28)25(30)32-26(21(24)15-29)36-13-12-23(33)31-22-7-5-4-6-19(22)27(34)35-3/h4-11,16H,12-13H2,1-3H3,(H2,30,32)(H,31,33). The minimum Gasteiger partial charge on any atom is -0.465 e. The van der Waals surface area contributed by atoms with Crippen molar-refractivity contribution in [3.63, 3.8) is 0 Å². The van der Waals surface area contributed by atoms with Crippen molar-refractivity contribution >= 4 is 35.1 Å². The van der Waals surface area contributed by atoms with Gasteiger partial charge in [0.2, 0.25) is 5.91 Å². The number of nitrogens with one attached hydrogen (secondary N) is 1. The minimum atomic E-state index is -0.551. The van der Waals surface area contributed by atoms with Crippen molar-refractivity contribution in [2.75, 3.05) is 23.9 Å². The molecule has 1 aromatic heterocycles. The lowest BCUT2D eigenvalue weighted by atomic mass is 9.94. The van der Waals surface area contributed by atoms with Gasteiger partial charge in [-0.3, -0.25) is 4.79 Å². The van der Waals surface area contributed by atoms with E-state index in [1.54, 1.807) is 24.3 Å². The first-order chi connectivity index (χ1) is 17.3. The molecule has 8 nitrogen and oxygen atoms in total. The number of rotatable bonds is 8. The number of ether oxygens (including phenoxy) is 1. The number of aromatic nitrogens is 1. The Morgan fingerprint density at radius 3 is 2.36 bits per heavy atom. The number of esters is 1. The molecular weight excluding hydrogens is 474 g/mol. The lowest BCUT2D eigenvalue weighted by Crippen LogP contribution is -2.15. The number of amides is 1. The number of nitriles is 2. The van der Waals surface area contributed by atoms with Crippen molar-refractivity contribution in [1.82, 2.24) is 4.98 Å². The zero-order chi connectivity index (χ0) is 26.2. The first-order valence-corrected chi connectivity index (χ1v) is 12.1. The fourth-order valence-corrected chi connectivity index (χ4v) is 4.49. The highest BCUT2D eigenvalue weighted by molar-refractivity contribution is 7.99. The first kappa shape index (κ1) is 26.3. The van der Waals surface area contributed by atoms with Gasteiger partial charge in [-0.05, 0) is 29.2 Å². The maximum Gasteiger partial charge on any atom is 0.339 e. The van der Waals surface area contributed by atoms with Crippen molar-refractivity contribution < 1.29 is 14.3 Å². The van der Waals surface area contributed by atoms with Gasteiger partial charge in [-0.15, -0.1) is 11.8 Å². The summed E-state index contributed by atoms with van der Waals surface area (Å²) < 4.78 is 4.75. The lowest BCUT2D eigenvalue weighted by Gasteiger charge is -2.14. The van der Waals surface area contributed by atoms with E-state index >= 15 is 0 Å². The Labute approximate surface area is 214 Å². The van der Waals surface area contributed by atoms with Gasteiger partial charge < -0.3 is 15.8 Å². The quantitative estimate of drug-likeness (QED) is 0.322.